The monoisotopic (exact) mass is 339 g/mol. The van der Waals surface area contributed by atoms with Crippen LogP contribution in [-0.4, -0.2) is 44.6 Å². The Kier molecular flexibility index (Phi) is 3.89. The third-order valence-corrected chi connectivity index (χ3v) is 4.47. The van der Waals surface area contributed by atoms with Crippen LogP contribution in [0.3, 0.4) is 0 Å². The Morgan fingerprint density at radius 2 is 2.30 bits per heavy atom. The molecular weight excluding hydrogens is 322 g/mol. The minimum atomic E-state index is 0.258. The molecule has 1 N–H and O–H groups in total. The van der Waals surface area contributed by atoms with Crippen molar-refractivity contribution in [3.63, 3.8) is 0 Å². The first kappa shape index (κ1) is 13.8. The zero-order chi connectivity index (χ0) is 14.1. The van der Waals surface area contributed by atoms with Gasteiger partial charge >= 0.3 is 0 Å². The number of hydrogen-bond donors (Lipinski definition) is 1. The molecule has 20 heavy (non-hydrogen) atoms. The van der Waals surface area contributed by atoms with Crippen molar-refractivity contribution in [1.82, 2.24) is 19.7 Å². The summed E-state index contributed by atoms with van der Waals surface area (Å²) in [4.78, 5) is 11.1. The molecule has 1 saturated heterocycles. The quantitative estimate of drug-likeness (QED) is 0.922. The van der Waals surface area contributed by atoms with E-state index in [1.165, 1.54) is 6.42 Å². The average Bonchev–Trinajstić information content (AvgIpc) is 2.75. The molecule has 2 aromatic rings. The van der Waals surface area contributed by atoms with Gasteiger partial charge in [-0.25, -0.2) is 14.6 Å². The van der Waals surface area contributed by atoms with Gasteiger partial charge in [-0.05, 0) is 41.1 Å². The van der Waals surface area contributed by atoms with E-state index in [1.807, 2.05) is 7.05 Å². The second kappa shape index (κ2) is 5.65. The number of aliphatic hydroxyl groups is 1. The molecule has 0 aromatic carbocycles. The van der Waals surface area contributed by atoms with Gasteiger partial charge in [-0.1, -0.05) is 0 Å². The summed E-state index contributed by atoms with van der Waals surface area (Å²) in [5.74, 6) is 1.48. The Morgan fingerprint density at radius 1 is 1.45 bits per heavy atom. The number of fused-ring (bicyclic) bond motifs is 1. The lowest BCUT2D eigenvalue weighted by Gasteiger charge is -2.33. The van der Waals surface area contributed by atoms with Crippen molar-refractivity contribution in [2.24, 2.45) is 13.0 Å². The van der Waals surface area contributed by atoms with Gasteiger partial charge in [0.05, 0.1) is 5.39 Å². The van der Waals surface area contributed by atoms with Crippen LogP contribution in [0.5, 0.6) is 0 Å². The van der Waals surface area contributed by atoms with Gasteiger partial charge in [-0.3, -0.25) is 0 Å². The Hall–Kier alpha value is -1.21. The molecule has 1 fully saturated rings. The van der Waals surface area contributed by atoms with Crippen LogP contribution in [0, 0.1) is 5.92 Å². The normalized spacial score (nSPS) is 19.8. The van der Waals surface area contributed by atoms with Crippen LogP contribution in [0.2, 0.25) is 0 Å². The molecule has 0 aliphatic carbocycles. The van der Waals surface area contributed by atoms with Gasteiger partial charge in [0.25, 0.3) is 0 Å². The summed E-state index contributed by atoms with van der Waals surface area (Å²) in [6.45, 7) is 2.19. The smallest absolute Gasteiger partial charge is 0.164 e. The fourth-order valence-electron chi connectivity index (χ4n) is 2.94. The number of nitrogens with zero attached hydrogens (tertiary/aromatic N) is 5. The summed E-state index contributed by atoms with van der Waals surface area (Å²) in [6, 6.07) is 0. The molecule has 0 saturated carbocycles. The van der Waals surface area contributed by atoms with E-state index in [-0.39, 0.29) is 6.61 Å². The number of piperidine rings is 1. The number of hydrogen-bond acceptors (Lipinski definition) is 5. The van der Waals surface area contributed by atoms with Crippen molar-refractivity contribution in [1.29, 1.82) is 0 Å². The van der Waals surface area contributed by atoms with E-state index in [0.29, 0.717) is 5.92 Å². The van der Waals surface area contributed by atoms with E-state index in [0.717, 1.165) is 47.4 Å². The molecule has 6 nitrogen and oxygen atoms in total. The molecular formula is C13H18BrN5O. The number of rotatable bonds is 3. The Balaban J connectivity index is 1.97. The largest absolute Gasteiger partial charge is 0.396 e. The molecule has 108 valence electrons. The molecule has 1 unspecified atom stereocenters. The Labute approximate surface area is 125 Å². The summed E-state index contributed by atoms with van der Waals surface area (Å²) in [5, 5.41) is 14.5. The maximum Gasteiger partial charge on any atom is 0.164 e. The number of aryl methyl sites for hydroxylation is 1. The first-order valence-corrected chi connectivity index (χ1v) is 7.69. The molecule has 3 rings (SSSR count). The zero-order valence-corrected chi connectivity index (χ0v) is 13.0. The maximum absolute atomic E-state index is 9.13. The minimum absolute atomic E-state index is 0.258. The van der Waals surface area contributed by atoms with Gasteiger partial charge in [0.1, 0.15) is 16.7 Å². The van der Waals surface area contributed by atoms with Crippen molar-refractivity contribution in [3.05, 3.63) is 10.9 Å². The lowest BCUT2D eigenvalue weighted by Crippen LogP contribution is -2.36. The number of halogens is 1. The van der Waals surface area contributed by atoms with E-state index in [9.17, 15) is 0 Å². The molecule has 1 aliphatic rings. The van der Waals surface area contributed by atoms with Gasteiger partial charge in [-0.2, -0.15) is 5.10 Å². The summed E-state index contributed by atoms with van der Waals surface area (Å²) in [5.41, 5.74) is 0.839. The third kappa shape index (κ3) is 2.40. The van der Waals surface area contributed by atoms with E-state index < -0.39 is 0 Å². The van der Waals surface area contributed by atoms with Crippen molar-refractivity contribution >= 4 is 32.8 Å². The lowest BCUT2D eigenvalue weighted by atomic mass is 9.95. The van der Waals surface area contributed by atoms with Crippen LogP contribution in [0.25, 0.3) is 11.0 Å². The zero-order valence-electron chi connectivity index (χ0n) is 11.5. The van der Waals surface area contributed by atoms with Gasteiger partial charge in [0, 0.05) is 26.7 Å². The predicted octanol–water partition coefficient (Wildman–Crippen LogP) is 1.72. The molecule has 0 amide bonds. The minimum Gasteiger partial charge on any atom is -0.396 e. The molecule has 0 radical (unpaired) electrons. The molecule has 0 spiro atoms. The summed E-state index contributed by atoms with van der Waals surface area (Å²) < 4.78 is 2.55. The van der Waals surface area contributed by atoms with E-state index in [4.69, 9.17) is 5.11 Å². The van der Waals surface area contributed by atoms with Crippen LogP contribution < -0.4 is 4.90 Å². The highest BCUT2D eigenvalue weighted by molar-refractivity contribution is 9.10. The van der Waals surface area contributed by atoms with Crippen LogP contribution >= 0.6 is 15.9 Å². The highest BCUT2D eigenvalue weighted by atomic mass is 79.9. The van der Waals surface area contributed by atoms with Crippen molar-refractivity contribution < 1.29 is 5.11 Å². The average molecular weight is 340 g/mol. The van der Waals surface area contributed by atoms with Crippen LogP contribution in [0.15, 0.2) is 10.9 Å². The first-order chi connectivity index (χ1) is 9.70. The molecule has 1 aliphatic heterocycles. The molecule has 3 heterocycles. The summed E-state index contributed by atoms with van der Waals surface area (Å²) in [7, 11) is 1.88. The number of aromatic nitrogens is 4. The molecule has 2 aromatic heterocycles. The van der Waals surface area contributed by atoms with Gasteiger partial charge in [0.2, 0.25) is 0 Å². The lowest BCUT2D eigenvalue weighted by molar-refractivity contribution is 0.244. The van der Waals surface area contributed by atoms with Crippen LogP contribution in [0.1, 0.15) is 19.3 Å². The van der Waals surface area contributed by atoms with Crippen molar-refractivity contribution in [2.75, 3.05) is 24.6 Å². The predicted molar refractivity (Wildman–Crippen MR) is 80.6 cm³/mol. The van der Waals surface area contributed by atoms with Crippen LogP contribution in [0.4, 0.5) is 5.82 Å². The van der Waals surface area contributed by atoms with Gasteiger partial charge < -0.3 is 10.0 Å². The Morgan fingerprint density at radius 3 is 3.10 bits per heavy atom. The van der Waals surface area contributed by atoms with Crippen molar-refractivity contribution in [2.45, 2.75) is 19.3 Å². The van der Waals surface area contributed by atoms with Crippen molar-refractivity contribution in [3.8, 4) is 0 Å². The number of aliphatic hydroxyl groups excluding tert-OH is 1. The molecule has 7 heteroatoms. The first-order valence-electron chi connectivity index (χ1n) is 6.89. The highest BCUT2D eigenvalue weighted by Crippen LogP contribution is 2.32. The summed E-state index contributed by atoms with van der Waals surface area (Å²) >= 11 is 3.50. The van der Waals surface area contributed by atoms with E-state index in [1.54, 1.807) is 11.0 Å². The standard InChI is InChI=1S/C13H18BrN5O/c1-18-12-10(11(14)17-18)13(16-8-15-12)19-5-2-3-9(7-19)4-6-20/h8-9,20H,2-7H2,1H3. The fourth-order valence-corrected chi connectivity index (χ4v) is 3.53. The van der Waals surface area contributed by atoms with E-state index >= 15 is 0 Å². The topological polar surface area (TPSA) is 67.1 Å². The highest BCUT2D eigenvalue weighted by Gasteiger charge is 2.24. The number of anilines is 1. The van der Waals surface area contributed by atoms with Crippen LogP contribution in [-0.2, 0) is 7.05 Å². The fraction of sp³-hybridized carbons (Fsp3) is 0.615. The SMILES string of the molecule is Cn1nc(Br)c2c(N3CCCC(CCO)C3)ncnc21. The third-order valence-electron chi connectivity index (χ3n) is 3.91. The molecule has 0 bridgehead atoms. The molecule has 1 atom stereocenters. The maximum atomic E-state index is 9.13. The Bertz CT molecular complexity index is 612. The van der Waals surface area contributed by atoms with Gasteiger partial charge in [0.15, 0.2) is 5.65 Å². The van der Waals surface area contributed by atoms with Gasteiger partial charge in [-0.15, -0.1) is 0 Å². The second-order valence-electron chi connectivity index (χ2n) is 5.28. The second-order valence-corrected chi connectivity index (χ2v) is 6.03. The summed E-state index contributed by atoms with van der Waals surface area (Å²) in [6.07, 6.45) is 4.77. The van der Waals surface area contributed by atoms with E-state index in [2.05, 4.69) is 35.9 Å².